The van der Waals surface area contributed by atoms with E-state index in [0.717, 1.165) is 34.6 Å². The lowest BCUT2D eigenvalue weighted by molar-refractivity contribution is -0.394. The molecule has 0 aromatic heterocycles. The van der Waals surface area contributed by atoms with Crippen LogP contribution >= 0.6 is 0 Å². The predicted molar refractivity (Wildman–Crippen MR) is 134 cm³/mol. The summed E-state index contributed by atoms with van der Waals surface area (Å²) < 4.78 is 6.41. The first-order valence-corrected chi connectivity index (χ1v) is 11.6. The van der Waals surface area contributed by atoms with E-state index < -0.39 is 32.7 Å². The van der Waals surface area contributed by atoms with Gasteiger partial charge in [0.25, 0.3) is 17.3 Å². The number of hydrogen-bond donors (Lipinski definition) is 0. The summed E-state index contributed by atoms with van der Waals surface area (Å²) in [4.78, 5) is 36.0. The minimum Gasteiger partial charge on any atom is -0.482 e. The van der Waals surface area contributed by atoms with Gasteiger partial charge in [0, 0.05) is 43.1 Å². The lowest BCUT2D eigenvalue weighted by Gasteiger charge is -2.42. The van der Waals surface area contributed by atoms with Crippen molar-refractivity contribution in [2.24, 2.45) is 0 Å². The van der Waals surface area contributed by atoms with Gasteiger partial charge in [-0.3, -0.25) is 25.0 Å². The van der Waals surface area contributed by atoms with E-state index in [4.69, 9.17) is 4.74 Å². The molecule has 2 heterocycles. The van der Waals surface area contributed by atoms with Crippen LogP contribution in [0.15, 0.2) is 66.7 Å². The Morgan fingerprint density at radius 2 is 1.67 bits per heavy atom. The molecule has 0 aliphatic carbocycles. The number of piperidine rings is 1. The van der Waals surface area contributed by atoms with Crippen molar-refractivity contribution in [1.82, 2.24) is 4.90 Å². The van der Waals surface area contributed by atoms with Gasteiger partial charge in [0.15, 0.2) is 0 Å². The number of hydrogen-bond acceptors (Lipinski definition) is 6. The number of nitro benzene ring substituents is 2. The maximum Gasteiger partial charge on any atom is 0.279 e. The van der Waals surface area contributed by atoms with Crippen LogP contribution in [0, 0.1) is 27.2 Å². The molecule has 0 bridgehead atoms. The Balaban J connectivity index is 1.33. The molecule has 1 fully saturated rings. The Hall–Kier alpha value is -4.53. The fourth-order valence-electron chi connectivity index (χ4n) is 4.81. The molecule has 2 aliphatic rings. The number of carbonyl (C=O) groups is 1. The Labute approximate surface area is 206 Å². The Morgan fingerprint density at radius 1 is 0.944 bits per heavy atom. The minimum atomic E-state index is -0.726. The van der Waals surface area contributed by atoms with E-state index in [0.29, 0.717) is 25.9 Å². The van der Waals surface area contributed by atoms with Gasteiger partial charge < -0.3 is 9.64 Å². The molecule has 36 heavy (non-hydrogen) atoms. The molecule has 1 amide bonds. The molecular weight excluding hydrogens is 462 g/mol. The summed E-state index contributed by atoms with van der Waals surface area (Å²) in [6, 6.07) is 18.2. The Bertz CT molecular complexity index is 1410. The number of nitro groups is 2. The van der Waals surface area contributed by atoms with E-state index in [1.165, 1.54) is 6.92 Å². The Kier molecular flexibility index (Phi) is 5.75. The van der Waals surface area contributed by atoms with Crippen LogP contribution in [0.1, 0.15) is 34.3 Å². The summed E-state index contributed by atoms with van der Waals surface area (Å²) in [5, 5.41) is 22.7. The van der Waals surface area contributed by atoms with Crippen LogP contribution in [0.2, 0.25) is 0 Å². The molecule has 0 saturated carbocycles. The number of fused-ring (bicyclic) bond motifs is 1. The van der Waals surface area contributed by atoms with Crippen LogP contribution in [-0.4, -0.2) is 39.3 Å². The van der Waals surface area contributed by atoms with Crippen LogP contribution in [0.3, 0.4) is 0 Å². The van der Waals surface area contributed by atoms with Crippen molar-refractivity contribution in [1.29, 1.82) is 0 Å². The standard InChI is InChI=1S/C27H23N3O6/c1-18-23(16-22(29(32)33)17-24(18)30(34)35)26(31)28-13-11-27(12-14-28)10-9-21-15-20(7-8-25(21)36-27)19-5-3-2-4-6-19/h2-10,15-17H,11-14H2,1H3. The highest BCUT2D eigenvalue weighted by atomic mass is 16.6. The molecule has 2 aliphatic heterocycles. The van der Waals surface area contributed by atoms with Gasteiger partial charge in [0.2, 0.25) is 0 Å². The monoisotopic (exact) mass is 485 g/mol. The SMILES string of the molecule is Cc1c(C(=O)N2CCC3(C=Cc4cc(-c5ccccc5)ccc4O3)CC2)cc([N+](=O)[O-])cc1[N+](=O)[O-]. The molecule has 1 spiro atoms. The van der Waals surface area contributed by atoms with Crippen molar-refractivity contribution in [3.8, 4) is 16.9 Å². The van der Waals surface area contributed by atoms with Gasteiger partial charge in [0.05, 0.1) is 21.5 Å². The highest BCUT2D eigenvalue weighted by Gasteiger charge is 2.39. The number of likely N-dealkylation sites (tertiary alicyclic amines) is 1. The quantitative estimate of drug-likeness (QED) is 0.353. The van der Waals surface area contributed by atoms with Crippen molar-refractivity contribution < 1.29 is 19.4 Å². The maximum atomic E-state index is 13.2. The largest absolute Gasteiger partial charge is 0.482 e. The number of ether oxygens (including phenoxy) is 1. The summed E-state index contributed by atoms with van der Waals surface area (Å²) in [5.41, 5.74) is 1.83. The van der Waals surface area contributed by atoms with E-state index in [1.807, 2.05) is 36.4 Å². The minimum absolute atomic E-state index is 0.0225. The van der Waals surface area contributed by atoms with E-state index in [-0.39, 0.29) is 11.1 Å². The zero-order valence-electron chi connectivity index (χ0n) is 19.5. The van der Waals surface area contributed by atoms with Gasteiger partial charge >= 0.3 is 0 Å². The number of benzene rings is 3. The van der Waals surface area contributed by atoms with Crippen LogP contribution < -0.4 is 4.74 Å². The zero-order chi connectivity index (χ0) is 25.4. The lowest BCUT2D eigenvalue weighted by Crippen LogP contribution is -2.49. The fraction of sp³-hybridized carbons (Fsp3) is 0.222. The first-order chi connectivity index (χ1) is 17.3. The molecular formula is C27H23N3O6. The van der Waals surface area contributed by atoms with Crippen molar-refractivity contribution >= 4 is 23.4 Å². The number of rotatable bonds is 4. The maximum absolute atomic E-state index is 13.2. The highest BCUT2D eigenvalue weighted by molar-refractivity contribution is 5.97. The van der Waals surface area contributed by atoms with E-state index >= 15 is 0 Å². The van der Waals surface area contributed by atoms with Gasteiger partial charge in [-0.15, -0.1) is 0 Å². The average molecular weight is 485 g/mol. The van der Waals surface area contributed by atoms with Crippen molar-refractivity contribution in [3.63, 3.8) is 0 Å². The van der Waals surface area contributed by atoms with E-state index in [1.54, 1.807) is 4.90 Å². The molecule has 9 nitrogen and oxygen atoms in total. The molecule has 182 valence electrons. The number of carbonyl (C=O) groups excluding carboxylic acids is 1. The second kappa shape index (κ2) is 8.92. The highest BCUT2D eigenvalue weighted by Crippen LogP contribution is 2.39. The van der Waals surface area contributed by atoms with Crippen molar-refractivity contribution in [2.45, 2.75) is 25.4 Å². The number of amides is 1. The predicted octanol–water partition coefficient (Wildman–Crippen LogP) is 5.56. The lowest BCUT2D eigenvalue weighted by atomic mass is 9.87. The number of nitrogens with zero attached hydrogens (tertiary/aromatic N) is 3. The van der Waals surface area contributed by atoms with Crippen molar-refractivity contribution in [3.05, 3.63) is 104 Å². The first-order valence-electron chi connectivity index (χ1n) is 11.6. The van der Waals surface area contributed by atoms with Crippen LogP contribution in [0.5, 0.6) is 5.75 Å². The second-order valence-electron chi connectivity index (χ2n) is 9.06. The molecule has 9 heteroatoms. The van der Waals surface area contributed by atoms with Crippen molar-refractivity contribution in [2.75, 3.05) is 13.1 Å². The third-order valence-corrected chi connectivity index (χ3v) is 6.90. The van der Waals surface area contributed by atoms with Crippen LogP contribution in [-0.2, 0) is 0 Å². The molecule has 0 radical (unpaired) electrons. The van der Waals surface area contributed by atoms with E-state index in [9.17, 15) is 25.0 Å². The average Bonchev–Trinajstić information content (AvgIpc) is 2.89. The van der Waals surface area contributed by atoms with Gasteiger partial charge in [-0.05, 0) is 36.3 Å². The summed E-state index contributed by atoms with van der Waals surface area (Å²) in [7, 11) is 0. The zero-order valence-corrected chi connectivity index (χ0v) is 19.5. The normalized spacial score (nSPS) is 15.8. The number of non-ortho nitro benzene ring substituents is 1. The molecule has 5 rings (SSSR count). The van der Waals surface area contributed by atoms with Gasteiger partial charge in [-0.2, -0.15) is 0 Å². The molecule has 0 atom stereocenters. The summed E-state index contributed by atoms with van der Waals surface area (Å²) in [6.45, 7) is 2.15. The first kappa shape index (κ1) is 23.2. The summed E-state index contributed by atoms with van der Waals surface area (Å²) in [6.07, 6.45) is 5.16. The van der Waals surface area contributed by atoms with Gasteiger partial charge in [-0.1, -0.05) is 42.5 Å². The second-order valence-corrected chi connectivity index (χ2v) is 9.06. The molecule has 3 aromatic rings. The molecule has 1 saturated heterocycles. The third kappa shape index (κ3) is 4.19. The molecule has 3 aromatic carbocycles. The Morgan fingerprint density at radius 3 is 2.33 bits per heavy atom. The van der Waals surface area contributed by atoms with Crippen LogP contribution in [0.4, 0.5) is 11.4 Å². The van der Waals surface area contributed by atoms with Gasteiger partial charge in [-0.25, -0.2) is 0 Å². The third-order valence-electron chi connectivity index (χ3n) is 6.90. The summed E-state index contributed by atoms with van der Waals surface area (Å²) >= 11 is 0. The summed E-state index contributed by atoms with van der Waals surface area (Å²) in [5.74, 6) is 0.323. The van der Waals surface area contributed by atoms with Crippen LogP contribution in [0.25, 0.3) is 17.2 Å². The molecule has 0 N–H and O–H groups in total. The van der Waals surface area contributed by atoms with E-state index in [2.05, 4.69) is 24.3 Å². The smallest absolute Gasteiger partial charge is 0.279 e. The molecule has 0 unspecified atom stereocenters. The fourth-order valence-corrected chi connectivity index (χ4v) is 4.81. The topological polar surface area (TPSA) is 116 Å². The van der Waals surface area contributed by atoms with Gasteiger partial charge in [0.1, 0.15) is 11.4 Å².